The van der Waals surface area contributed by atoms with E-state index < -0.39 is 6.04 Å². The van der Waals surface area contributed by atoms with Crippen LogP contribution in [0.4, 0.5) is 5.69 Å². The van der Waals surface area contributed by atoms with E-state index in [2.05, 4.69) is 27.7 Å². The van der Waals surface area contributed by atoms with Crippen molar-refractivity contribution in [3.8, 4) is 0 Å². The van der Waals surface area contributed by atoms with Crippen LogP contribution in [-0.2, 0) is 9.59 Å². The Morgan fingerprint density at radius 3 is 2.34 bits per heavy atom. The number of carbonyl (C=O) groups excluding carboxylic acids is 1. The molecule has 1 aliphatic rings. The van der Waals surface area contributed by atoms with E-state index in [0.29, 0.717) is 21.5 Å². The van der Waals surface area contributed by atoms with Gasteiger partial charge in [0.1, 0.15) is 17.4 Å². The van der Waals surface area contributed by atoms with Crippen LogP contribution in [0.15, 0.2) is 52.9 Å². The molecule has 1 aromatic heterocycles. The number of anilines is 1. The molecule has 2 heterocycles. The number of benzene rings is 2. The summed E-state index contributed by atoms with van der Waals surface area (Å²) < 4.78 is 6.04. The zero-order valence-electron chi connectivity index (χ0n) is 17.4. The Morgan fingerprint density at radius 2 is 1.72 bits per heavy atom. The van der Waals surface area contributed by atoms with Crippen molar-refractivity contribution in [1.82, 2.24) is 15.2 Å². The number of rotatable bonds is 5. The number of hydrazine groups is 1. The molecule has 4 rings (SSSR count). The highest BCUT2D eigenvalue weighted by Gasteiger charge is 2.32. The first-order chi connectivity index (χ1) is 15.4. The van der Waals surface area contributed by atoms with Crippen LogP contribution in [0.3, 0.4) is 0 Å². The van der Waals surface area contributed by atoms with Crippen LogP contribution < -0.4 is 10.9 Å². The molecule has 3 aromatic rings. The van der Waals surface area contributed by atoms with Gasteiger partial charge < -0.3 is 14.4 Å². The van der Waals surface area contributed by atoms with Gasteiger partial charge in [-0.3, -0.25) is 25.3 Å². The third-order valence-electron chi connectivity index (χ3n) is 5.06. The van der Waals surface area contributed by atoms with E-state index in [1.165, 1.54) is 0 Å². The van der Waals surface area contributed by atoms with Crippen LogP contribution in [0, 0.1) is 0 Å². The van der Waals surface area contributed by atoms with Gasteiger partial charge in [0.15, 0.2) is 0 Å². The summed E-state index contributed by atoms with van der Waals surface area (Å²) in [6.45, 7) is 3.08. The van der Waals surface area contributed by atoms with Crippen molar-refractivity contribution in [3.63, 3.8) is 0 Å². The van der Waals surface area contributed by atoms with Crippen LogP contribution in [0.25, 0.3) is 11.0 Å². The molecule has 8 nitrogen and oxygen atoms in total. The first kappa shape index (κ1) is 23.9. The quantitative estimate of drug-likeness (QED) is 0.378. The number of halogens is 2. The van der Waals surface area contributed by atoms with Crippen LogP contribution in [0.5, 0.6) is 0 Å². The van der Waals surface area contributed by atoms with Crippen molar-refractivity contribution < 1.29 is 19.1 Å². The van der Waals surface area contributed by atoms with Crippen LogP contribution in [-0.4, -0.2) is 60.5 Å². The molecule has 0 aliphatic carbocycles. The lowest BCUT2D eigenvalue weighted by Crippen LogP contribution is -2.50. The smallest absolute Gasteiger partial charge is 0.290 e. The van der Waals surface area contributed by atoms with Crippen molar-refractivity contribution in [2.24, 2.45) is 0 Å². The van der Waals surface area contributed by atoms with Crippen molar-refractivity contribution >= 4 is 52.2 Å². The standard InChI is InChI=1S/C21H22Cl2N4O2.CH2O2/c1-26-6-8-27(9-7-26)20(19-10-14-4-2-3-5-18(14)29-19)21(28)25-24-17-12-15(22)11-16(23)13-17;2-1-3/h2-5,10-13,20,24H,6-9H2,1H3,(H,25,28);1H,(H,2,3). The molecule has 0 radical (unpaired) electrons. The van der Waals surface area contributed by atoms with Gasteiger partial charge in [0, 0.05) is 41.6 Å². The number of carboxylic acid groups (broad SMARTS) is 1. The second kappa shape index (κ2) is 11.2. The summed E-state index contributed by atoms with van der Waals surface area (Å²) in [7, 11) is 2.08. The Balaban J connectivity index is 0.000000913. The van der Waals surface area contributed by atoms with Crippen LogP contribution in [0.1, 0.15) is 11.8 Å². The summed E-state index contributed by atoms with van der Waals surface area (Å²) in [4.78, 5) is 25.9. The molecule has 0 bridgehead atoms. The topological polar surface area (TPSA) is 98.0 Å². The molecule has 170 valence electrons. The minimum Gasteiger partial charge on any atom is -0.483 e. The highest BCUT2D eigenvalue weighted by molar-refractivity contribution is 6.35. The largest absolute Gasteiger partial charge is 0.483 e. The van der Waals surface area contributed by atoms with E-state index in [4.69, 9.17) is 37.5 Å². The van der Waals surface area contributed by atoms with Gasteiger partial charge in [-0.1, -0.05) is 41.4 Å². The number of likely N-dealkylation sites (N-methyl/N-ethyl adjacent to an activating group) is 1. The summed E-state index contributed by atoms with van der Waals surface area (Å²) in [5.41, 5.74) is 7.07. The number of nitrogens with one attached hydrogen (secondary N) is 2. The number of hydrogen-bond donors (Lipinski definition) is 3. The Morgan fingerprint density at radius 1 is 1.09 bits per heavy atom. The zero-order valence-corrected chi connectivity index (χ0v) is 18.9. The van der Waals surface area contributed by atoms with Gasteiger partial charge in [-0.05, 0) is 37.4 Å². The van der Waals surface area contributed by atoms with Crippen molar-refractivity contribution in [2.75, 3.05) is 38.7 Å². The van der Waals surface area contributed by atoms with Crippen molar-refractivity contribution in [2.45, 2.75) is 6.04 Å². The number of carbonyl (C=O) groups is 2. The first-order valence-electron chi connectivity index (χ1n) is 9.92. The van der Waals surface area contributed by atoms with Crippen molar-refractivity contribution in [3.05, 3.63) is 64.3 Å². The lowest BCUT2D eigenvalue weighted by molar-refractivity contribution is -0.127. The lowest BCUT2D eigenvalue weighted by atomic mass is 10.1. The Labute approximate surface area is 195 Å². The molecule has 0 spiro atoms. The maximum absolute atomic E-state index is 13.2. The van der Waals surface area contributed by atoms with Gasteiger partial charge in [0.05, 0.1) is 5.69 Å². The van der Waals surface area contributed by atoms with E-state index in [1.807, 2.05) is 30.3 Å². The molecule has 3 N–H and O–H groups in total. The molecule has 10 heteroatoms. The molecular weight excluding hydrogens is 455 g/mol. The Kier molecular flexibility index (Phi) is 8.35. The Hall–Kier alpha value is -2.78. The molecule has 32 heavy (non-hydrogen) atoms. The molecule has 1 atom stereocenters. The highest BCUT2D eigenvalue weighted by Crippen LogP contribution is 2.29. The highest BCUT2D eigenvalue weighted by atomic mass is 35.5. The molecular formula is C22H24Cl2N4O4. The number of nitrogens with zero attached hydrogens (tertiary/aromatic N) is 2. The second-order valence-electron chi connectivity index (χ2n) is 7.31. The maximum Gasteiger partial charge on any atom is 0.290 e. The average molecular weight is 479 g/mol. The maximum atomic E-state index is 13.2. The van der Waals surface area contributed by atoms with E-state index in [9.17, 15) is 4.79 Å². The third-order valence-corrected chi connectivity index (χ3v) is 5.49. The predicted octanol–water partition coefficient (Wildman–Crippen LogP) is 3.87. The van der Waals surface area contributed by atoms with E-state index >= 15 is 0 Å². The normalized spacial score (nSPS) is 15.5. The predicted molar refractivity (Wildman–Crippen MR) is 125 cm³/mol. The lowest BCUT2D eigenvalue weighted by Gasteiger charge is -2.36. The fraction of sp³-hybridized carbons (Fsp3) is 0.273. The van der Waals surface area contributed by atoms with Gasteiger partial charge in [-0.2, -0.15) is 0 Å². The fourth-order valence-electron chi connectivity index (χ4n) is 3.52. The van der Waals surface area contributed by atoms with Gasteiger partial charge in [0.2, 0.25) is 0 Å². The zero-order chi connectivity index (χ0) is 23.1. The van der Waals surface area contributed by atoms with Crippen LogP contribution in [0.2, 0.25) is 10.0 Å². The summed E-state index contributed by atoms with van der Waals surface area (Å²) in [6.07, 6.45) is 0. The summed E-state index contributed by atoms with van der Waals surface area (Å²) in [5, 5.41) is 8.84. The van der Waals surface area contributed by atoms with E-state index in [1.54, 1.807) is 18.2 Å². The van der Waals surface area contributed by atoms with Crippen LogP contribution >= 0.6 is 23.2 Å². The van der Waals surface area contributed by atoms with Gasteiger partial charge in [0.25, 0.3) is 12.4 Å². The molecule has 1 unspecified atom stereocenters. The van der Waals surface area contributed by atoms with Gasteiger partial charge in [-0.25, -0.2) is 0 Å². The van der Waals surface area contributed by atoms with E-state index in [0.717, 1.165) is 37.1 Å². The second-order valence-corrected chi connectivity index (χ2v) is 8.18. The first-order valence-corrected chi connectivity index (χ1v) is 10.7. The van der Waals surface area contributed by atoms with Gasteiger partial charge in [-0.15, -0.1) is 0 Å². The number of piperazine rings is 1. The molecule has 1 saturated heterocycles. The number of amides is 1. The number of fused-ring (bicyclic) bond motifs is 1. The molecule has 0 saturated carbocycles. The van der Waals surface area contributed by atoms with Crippen molar-refractivity contribution in [1.29, 1.82) is 0 Å². The Bertz CT molecular complexity index is 1010. The minimum atomic E-state index is -0.543. The monoisotopic (exact) mass is 478 g/mol. The fourth-order valence-corrected chi connectivity index (χ4v) is 4.05. The summed E-state index contributed by atoms with van der Waals surface area (Å²) in [5.74, 6) is 0.420. The SMILES string of the molecule is CN1CCN(C(C(=O)NNc2cc(Cl)cc(Cl)c2)c2cc3ccccc3o2)CC1.O=CO. The molecule has 1 fully saturated rings. The number of hydrogen-bond acceptors (Lipinski definition) is 6. The van der Waals surface area contributed by atoms with E-state index in [-0.39, 0.29) is 12.4 Å². The third kappa shape index (κ3) is 6.14. The molecule has 2 aromatic carbocycles. The number of furan rings is 1. The molecule has 1 aliphatic heterocycles. The summed E-state index contributed by atoms with van der Waals surface area (Å²) >= 11 is 12.1. The minimum absolute atomic E-state index is 0.204. The van der Waals surface area contributed by atoms with Gasteiger partial charge >= 0.3 is 0 Å². The molecule has 1 amide bonds. The average Bonchev–Trinajstić information content (AvgIpc) is 3.17. The summed E-state index contributed by atoms with van der Waals surface area (Å²) in [6, 6.07) is 14.2. The number of para-hydroxylation sites is 1.